The quantitative estimate of drug-likeness (QED) is 0.542. The van der Waals surface area contributed by atoms with Gasteiger partial charge in [0.1, 0.15) is 16.5 Å². The van der Waals surface area contributed by atoms with Crippen molar-refractivity contribution in [1.29, 1.82) is 0 Å². The Morgan fingerprint density at radius 2 is 1.97 bits per heavy atom. The zero-order valence-electron chi connectivity index (χ0n) is 17.9. The summed E-state index contributed by atoms with van der Waals surface area (Å²) in [6.07, 6.45) is 1.06. The molecule has 4 heterocycles. The summed E-state index contributed by atoms with van der Waals surface area (Å²) in [5.41, 5.74) is 2.17. The van der Waals surface area contributed by atoms with Gasteiger partial charge >= 0.3 is 0 Å². The second kappa shape index (κ2) is 8.48. The lowest BCUT2D eigenvalue weighted by molar-refractivity contribution is 0.0746. The van der Waals surface area contributed by atoms with Crippen molar-refractivity contribution in [2.45, 2.75) is 26.8 Å². The van der Waals surface area contributed by atoms with Crippen LogP contribution in [0.15, 0.2) is 28.7 Å². The third-order valence-electron chi connectivity index (χ3n) is 6.26. The highest BCUT2D eigenvalue weighted by Crippen LogP contribution is 2.39. The first kappa shape index (κ1) is 20.8. The Morgan fingerprint density at radius 1 is 1.16 bits per heavy atom. The third-order valence-corrected chi connectivity index (χ3v) is 7.86. The number of amides is 1. The molecule has 0 radical (unpaired) electrons. The molecule has 0 N–H and O–H groups in total. The number of aromatic nitrogens is 2. The molecule has 0 unspecified atom stereocenters. The van der Waals surface area contributed by atoms with Crippen LogP contribution in [0.25, 0.3) is 10.2 Å². The number of fused-ring (bicyclic) bond motifs is 3. The molecule has 2 aliphatic rings. The summed E-state index contributed by atoms with van der Waals surface area (Å²) >= 11 is 5.29. The molecule has 0 bridgehead atoms. The van der Waals surface area contributed by atoms with E-state index < -0.39 is 0 Å². The minimum Gasteiger partial charge on any atom is -0.352 e. The van der Waals surface area contributed by atoms with Gasteiger partial charge in [-0.2, -0.15) is 0 Å². The number of likely N-dealkylation sites (N-methyl/N-ethyl adjacent to an activating group) is 1. The van der Waals surface area contributed by atoms with Gasteiger partial charge in [-0.1, -0.05) is 28.9 Å². The Kier molecular flexibility index (Phi) is 5.71. The van der Waals surface area contributed by atoms with E-state index in [1.54, 1.807) is 0 Å². The number of hydrogen-bond acceptors (Lipinski definition) is 6. The number of aryl methyl sites for hydroxylation is 1. The number of carbonyl (C=O) groups excluding carboxylic acids is 1. The number of anilines is 1. The minimum absolute atomic E-state index is 0.0949. The fraction of sp³-hybridized carbons (Fsp3) is 0.435. The minimum atomic E-state index is 0.0949. The SMILES string of the molecule is CCN1CCc2c(sc3nc(C)nc(N4CCN(C(=O)c5cccc(Br)c5)CC4)c23)C1. The van der Waals surface area contributed by atoms with Crippen molar-refractivity contribution in [3.05, 3.63) is 50.6 Å². The maximum atomic E-state index is 12.9. The largest absolute Gasteiger partial charge is 0.352 e. The predicted molar refractivity (Wildman–Crippen MR) is 129 cm³/mol. The van der Waals surface area contributed by atoms with Crippen molar-refractivity contribution in [3.8, 4) is 0 Å². The van der Waals surface area contributed by atoms with E-state index in [4.69, 9.17) is 9.97 Å². The second-order valence-corrected chi connectivity index (χ2v) is 10.2. The van der Waals surface area contributed by atoms with Gasteiger partial charge in [0.2, 0.25) is 0 Å². The van der Waals surface area contributed by atoms with Crippen molar-refractivity contribution in [1.82, 2.24) is 19.8 Å². The number of piperazine rings is 1. The van der Waals surface area contributed by atoms with Crippen LogP contribution < -0.4 is 4.90 Å². The van der Waals surface area contributed by atoms with E-state index in [-0.39, 0.29) is 5.91 Å². The van der Waals surface area contributed by atoms with Crippen molar-refractivity contribution in [2.75, 3.05) is 44.2 Å². The van der Waals surface area contributed by atoms with Crippen molar-refractivity contribution >= 4 is 49.2 Å². The molecule has 1 amide bonds. The third kappa shape index (κ3) is 3.97. The molecule has 3 aromatic rings. The van der Waals surface area contributed by atoms with E-state index in [0.717, 1.165) is 65.7 Å². The maximum absolute atomic E-state index is 12.9. The Labute approximate surface area is 195 Å². The van der Waals surface area contributed by atoms with E-state index >= 15 is 0 Å². The standard InChI is InChI=1S/C23H26BrN5OS/c1-3-27-8-7-18-19(14-27)31-22-20(18)21(25-15(2)26-22)28-9-11-29(12-10-28)23(30)16-5-4-6-17(24)13-16/h4-6,13H,3,7-12,14H2,1-2H3. The molecule has 31 heavy (non-hydrogen) atoms. The van der Waals surface area contributed by atoms with Crippen LogP contribution in [0.4, 0.5) is 5.82 Å². The van der Waals surface area contributed by atoms with Gasteiger partial charge in [-0.15, -0.1) is 11.3 Å². The molecule has 6 nitrogen and oxygen atoms in total. The van der Waals surface area contributed by atoms with Crippen LogP contribution in [0.2, 0.25) is 0 Å². The number of nitrogens with zero attached hydrogens (tertiary/aromatic N) is 5. The molecule has 1 fully saturated rings. The molecule has 1 saturated heterocycles. The number of carbonyl (C=O) groups is 1. The zero-order valence-corrected chi connectivity index (χ0v) is 20.3. The molecule has 162 valence electrons. The fourth-order valence-corrected chi connectivity index (χ4v) is 6.26. The summed E-state index contributed by atoms with van der Waals surface area (Å²) in [6, 6.07) is 7.63. The Bertz CT molecular complexity index is 1140. The van der Waals surface area contributed by atoms with Crippen LogP contribution in [0.5, 0.6) is 0 Å². The first-order valence-corrected chi connectivity index (χ1v) is 12.5. The Balaban J connectivity index is 1.40. The van der Waals surface area contributed by atoms with Gasteiger partial charge in [0.05, 0.1) is 5.39 Å². The first-order valence-electron chi connectivity index (χ1n) is 10.8. The van der Waals surface area contributed by atoms with Gasteiger partial charge in [0.15, 0.2) is 0 Å². The monoisotopic (exact) mass is 499 g/mol. The lowest BCUT2D eigenvalue weighted by atomic mass is 10.0. The Hall–Kier alpha value is -2.03. The molecule has 0 aliphatic carbocycles. The predicted octanol–water partition coefficient (Wildman–Crippen LogP) is 4.10. The van der Waals surface area contributed by atoms with Gasteiger partial charge < -0.3 is 9.80 Å². The Morgan fingerprint density at radius 3 is 2.71 bits per heavy atom. The van der Waals surface area contributed by atoms with Crippen LogP contribution in [-0.4, -0.2) is 64.9 Å². The number of hydrogen-bond donors (Lipinski definition) is 0. The smallest absolute Gasteiger partial charge is 0.254 e. The number of thiophene rings is 1. The summed E-state index contributed by atoms with van der Waals surface area (Å²) in [6.45, 7) is 10.4. The van der Waals surface area contributed by atoms with Gasteiger partial charge in [-0.25, -0.2) is 9.97 Å². The molecule has 0 atom stereocenters. The molecule has 2 aliphatic heterocycles. The summed E-state index contributed by atoms with van der Waals surface area (Å²) in [5, 5.41) is 1.24. The first-order chi connectivity index (χ1) is 15.0. The average molecular weight is 500 g/mol. The lowest BCUT2D eigenvalue weighted by Crippen LogP contribution is -2.49. The molecular weight excluding hydrogens is 474 g/mol. The summed E-state index contributed by atoms with van der Waals surface area (Å²) < 4.78 is 0.930. The number of halogens is 1. The second-order valence-electron chi connectivity index (χ2n) is 8.19. The highest BCUT2D eigenvalue weighted by molar-refractivity contribution is 9.10. The molecule has 5 rings (SSSR count). The molecule has 0 saturated carbocycles. The summed E-state index contributed by atoms with van der Waals surface area (Å²) in [7, 11) is 0. The van der Waals surface area contributed by atoms with Crippen LogP contribution in [0.3, 0.4) is 0 Å². The average Bonchev–Trinajstić information content (AvgIpc) is 3.15. The highest BCUT2D eigenvalue weighted by atomic mass is 79.9. The van der Waals surface area contributed by atoms with Crippen LogP contribution in [0, 0.1) is 6.92 Å². The van der Waals surface area contributed by atoms with Gasteiger partial charge in [0.25, 0.3) is 5.91 Å². The topological polar surface area (TPSA) is 52.6 Å². The van der Waals surface area contributed by atoms with Crippen LogP contribution in [0.1, 0.15) is 33.5 Å². The van der Waals surface area contributed by atoms with Crippen LogP contribution >= 0.6 is 27.3 Å². The number of rotatable bonds is 3. The van der Waals surface area contributed by atoms with E-state index in [9.17, 15) is 4.79 Å². The van der Waals surface area contributed by atoms with E-state index in [0.29, 0.717) is 13.1 Å². The maximum Gasteiger partial charge on any atom is 0.254 e. The lowest BCUT2D eigenvalue weighted by Gasteiger charge is -2.36. The number of benzene rings is 1. The van der Waals surface area contributed by atoms with Crippen molar-refractivity contribution < 1.29 is 4.79 Å². The highest BCUT2D eigenvalue weighted by Gasteiger charge is 2.28. The van der Waals surface area contributed by atoms with Gasteiger partial charge in [-0.3, -0.25) is 9.69 Å². The van der Waals surface area contributed by atoms with Gasteiger partial charge in [0, 0.05) is 54.2 Å². The van der Waals surface area contributed by atoms with E-state index in [2.05, 4.69) is 32.7 Å². The summed E-state index contributed by atoms with van der Waals surface area (Å²) in [5.74, 6) is 1.97. The molecule has 8 heteroatoms. The molecule has 2 aromatic heterocycles. The van der Waals surface area contributed by atoms with Gasteiger partial charge in [-0.05, 0) is 43.7 Å². The normalized spacial score (nSPS) is 17.3. The zero-order chi connectivity index (χ0) is 21.5. The van der Waals surface area contributed by atoms with Crippen molar-refractivity contribution in [3.63, 3.8) is 0 Å². The molecular formula is C23H26BrN5OS. The van der Waals surface area contributed by atoms with Crippen LogP contribution in [-0.2, 0) is 13.0 Å². The molecule has 1 aromatic carbocycles. The summed E-state index contributed by atoms with van der Waals surface area (Å²) in [4.78, 5) is 31.9. The van der Waals surface area contributed by atoms with E-state index in [1.165, 1.54) is 15.8 Å². The van der Waals surface area contributed by atoms with E-state index in [1.807, 2.05) is 47.4 Å². The molecule has 0 spiro atoms. The van der Waals surface area contributed by atoms with Crippen molar-refractivity contribution in [2.24, 2.45) is 0 Å². The fourth-order valence-electron chi connectivity index (χ4n) is 4.56.